The van der Waals surface area contributed by atoms with Crippen LogP contribution in [0.5, 0.6) is 0 Å². The second kappa shape index (κ2) is 7.78. The van der Waals surface area contributed by atoms with Crippen LogP contribution in [0.15, 0.2) is 35.1 Å². The van der Waals surface area contributed by atoms with Crippen LogP contribution in [-0.2, 0) is 11.3 Å². The maximum atomic E-state index is 12.3. The number of unbranched alkanes of at least 4 members (excludes halogenated alkanes) is 2. The monoisotopic (exact) mass is 300 g/mol. The van der Waals surface area contributed by atoms with Crippen LogP contribution in [0, 0.1) is 6.92 Å². The Morgan fingerprint density at radius 1 is 1.23 bits per heavy atom. The molecule has 0 saturated carbocycles. The third kappa shape index (κ3) is 3.97. The molecule has 0 radical (unpaired) electrons. The van der Waals surface area contributed by atoms with Crippen molar-refractivity contribution in [1.82, 2.24) is 9.88 Å². The number of nitrogens with zero attached hydrogens (tertiary/aromatic N) is 1. The van der Waals surface area contributed by atoms with E-state index in [4.69, 9.17) is 0 Å². The van der Waals surface area contributed by atoms with E-state index in [1.54, 1.807) is 4.57 Å². The normalized spacial score (nSPS) is 10.8. The van der Waals surface area contributed by atoms with Gasteiger partial charge in [-0.3, -0.25) is 9.59 Å². The van der Waals surface area contributed by atoms with E-state index in [1.807, 2.05) is 37.3 Å². The van der Waals surface area contributed by atoms with E-state index in [2.05, 4.69) is 12.2 Å². The summed E-state index contributed by atoms with van der Waals surface area (Å²) in [6.07, 6.45) is 3.61. The third-order valence-electron chi connectivity index (χ3n) is 3.85. The summed E-state index contributed by atoms with van der Waals surface area (Å²) in [5, 5.41) is 3.95. The molecule has 0 aliphatic carbocycles. The van der Waals surface area contributed by atoms with Gasteiger partial charge >= 0.3 is 0 Å². The van der Waals surface area contributed by atoms with Gasteiger partial charge in [-0.05, 0) is 30.9 Å². The molecule has 118 valence electrons. The Morgan fingerprint density at radius 2 is 2.00 bits per heavy atom. The molecule has 0 saturated heterocycles. The van der Waals surface area contributed by atoms with Gasteiger partial charge in [-0.25, -0.2) is 0 Å². The molecule has 0 aliphatic heterocycles. The van der Waals surface area contributed by atoms with Gasteiger partial charge in [0.25, 0.3) is 5.56 Å². The summed E-state index contributed by atoms with van der Waals surface area (Å²) < 4.78 is 1.70. The predicted octanol–water partition coefficient (Wildman–Crippen LogP) is 3.01. The lowest BCUT2D eigenvalue weighted by molar-refractivity contribution is -0.121. The SMILES string of the molecule is CCCCCNC(=O)CCn1c(=O)c(C)cc2ccccc21. The molecule has 1 heterocycles. The molecule has 0 aliphatic rings. The van der Waals surface area contributed by atoms with Crippen LogP contribution in [0.25, 0.3) is 10.9 Å². The minimum atomic E-state index is -0.0162. The van der Waals surface area contributed by atoms with Crippen LogP contribution in [0.1, 0.15) is 38.2 Å². The number of carbonyl (C=O) groups excluding carboxylic acids is 1. The smallest absolute Gasteiger partial charge is 0.253 e. The highest BCUT2D eigenvalue weighted by Crippen LogP contribution is 2.13. The zero-order valence-electron chi connectivity index (χ0n) is 13.4. The number of amides is 1. The van der Waals surface area contributed by atoms with E-state index in [-0.39, 0.29) is 11.5 Å². The largest absolute Gasteiger partial charge is 0.356 e. The lowest BCUT2D eigenvalue weighted by atomic mass is 10.1. The average Bonchev–Trinajstić information content (AvgIpc) is 2.52. The lowest BCUT2D eigenvalue weighted by Gasteiger charge is -2.11. The number of fused-ring (bicyclic) bond motifs is 1. The van der Waals surface area contributed by atoms with E-state index in [0.717, 1.165) is 36.7 Å². The number of aryl methyl sites for hydroxylation is 2. The van der Waals surface area contributed by atoms with Gasteiger partial charge in [-0.15, -0.1) is 0 Å². The van der Waals surface area contributed by atoms with Gasteiger partial charge in [0.2, 0.25) is 5.91 Å². The van der Waals surface area contributed by atoms with Crippen molar-refractivity contribution in [3.63, 3.8) is 0 Å². The quantitative estimate of drug-likeness (QED) is 0.799. The molecule has 0 unspecified atom stereocenters. The number of rotatable bonds is 7. The van der Waals surface area contributed by atoms with Crippen molar-refractivity contribution in [1.29, 1.82) is 0 Å². The predicted molar refractivity (Wildman–Crippen MR) is 90.1 cm³/mol. The lowest BCUT2D eigenvalue weighted by Crippen LogP contribution is -2.29. The van der Waals surface area contributed by atoms with Crippen LogP contribution >= 0.6 is 0 Å². The zero-order valence-corrected chi connectivity index (χ0v) is 13.4. The number of para-hydroxylation sites is 1. The summed E-state index contributed by atoms with van der Waals surface area (Å²) in [5.74, 6) is 0.00795. The fraction of sp³-hybridized carbons (Fsp3) is 0.444. The van der Waals surface area contributed by atoms with Gasteiger partial charge in [-0.1, -0.05) is 38.0 Å². The van der Waals surface area contributed by atoms with Crippen LogP contribution in [-0.4, -0.2) is 17.0 Å². The number of pyridine rings is 1. The van der Waals surface area contributed by atoms with Crippen molar-refractivity contribution >= 4 is 16.8 Å². The minimum Gasteiger partial charge on any atom is -0.356 e. The second-order valence-electron chi connectivity index (χ2n) is 5.65. The van der Waals surface area contributed by atoms with Crippen LogP contribution in [0.4, 0.5) is 0 Å². The van der Waals surface area contributed by atoms with Crippen molar-refractivity contribution < 1.29 is 4.79 Å². The number of hydrogen-bond donors (Lipinski definition) is 1. The van der Waals surface area contributed by atoms with Crippen molar-refractivity contribution in [2.24, 2.45) is 0 Å². The first-order valence-corrected chi connectivity index (χ1v) is 7.99. The summed E-state index contributed by atoms with van der Waals surface area (Å²) in [7, 11) is 0. The van der Waals surface area contributed by atoms with E-state index in [1.165, 1.54) is 0 Å². The van der Waals surface area contributed by atoms with Crippen molar-refractivity contribution in [2.75, 3.05) is 6.54 Å². The number of aromatic nitrogens is 1. The van der Waals surface area contributed by atoms with Gasteiger partial charge < -0.3 is 9.88 Å². The highest BCUT2D eigenvalue weighted by atomic mass is 16.1. The first kappa shape index (κ1) is 16.3. The minimum absolute atomic E-state index is 0.00795. The fourth-order valence-corrected chi connectivity index (χ4v) is 2.60. The molecule has 1 amide bonds. The Labute approximate surface area is 131 Å². The molecule has 2 aromatic rings. The third-order valence-corrected chi connectivity index (χ3v) is 3.85. The topological polar surface area (TPSA) is 51.1 Å². The van der Waals surface area contributed by atoms with Gasteiger partial charge in [0, 0.05) is 25.1 Å². The number of benzene rings is 1. The van der Waals surface area contributed by atoms with Crippen LogP contribution in [0.2, 0.25) is 0 Å². The standard InChI is InChI=1S/C18H24N2O2/c1-3-4-7-11-19-17(21)10-12-20-16-9-6-5-8-15(16)13-14(2)18(20)22/h5-6,8-9,13H,3-4,7,10-12H2,1-2H3,(H,19,21). The zero-order chi connectivity index (χ0) is 15.9. The highest BCUT2D eigenvalue weighted by molar-refractivity contribution is 5.80. The number of carbonyl (C=O) groups is 1. The Hall–Kier alpha value is -2.10. The summed E-state index contributed by atoms with van der Waals surface area (Å²) in [6, 6.07) is 9.69. The Morgan fingerprint density at radius 3 is 2.77 bits per heavy atom. The van der Waals surface area contributed by atoms with E-state index < -0.39 is 0 Å². The summed E-state index contributed by atoms with van der Waals surface area (Å²) in [4.78, 5) is 24.2. The second-order valence-corrected chi connectivity index (χ2v) is 5.65. The maximum Gasteiger partial charge on any atom is 0.253 e. The maximum absolute atomic E-state index is 12.3. The molecule has 1 aromatic carbocycles. The van der Waals surface area contributed by atoms with E-state index in [9.17, 15) is 9.59 Å². The molecular weight excluding hydrogens is 276 g/mol. The Balaban J connectivity index is 2.07. The van der Waals surface area contributed by atoms with E-state index >= 15 is 0 Å². The van der Waals surface area contributed by atoms with Gasteiger partial charge in [-0.2, -0.15) is 0 Å². The molecule has 0 fully saturated rings. The fourth-order valence-electron chi connectivity index (χ4n) is 2.60. The Bertz CT molecular complexity index is 704. The molecule has 1 N–H and O–H groups in total. The van der Waals surface area contributed by atoms with Crippen molar-refractivity contribution in [3.8, 4) is 0 Å². The van der Waals surface area contributed by atoms with Gasteiger partial charge in [0.15, 0.2) is 0 Å². The Kier molecular flexibility index (Phi) is 5.75. The molecular formula is C18H24N2O2. The first-order valence-electron chi connectivity index (χ1n) is 7.99. The van der Waals surface area contributed by atoms with Gasteiger partial charge in [0.1, 0.15) is 0 Å². The van der Waals surface area contributed by atoms with Gasteiger partial charge in [0.05, 0.1) is 5.52 Å². The number of hydrogen-bond acceptors (Lipinski definition) is 2. The van der Waals surface area contributed by atoms with Crippen LogP contribution < -0.4 is 10.9 Å². The molecule has 0 atom stereocenters. The molecule has 1 aromatic heterocycles. The van der Waals surface area contributed by atoms with Crippen molar-refractivity contribution in [2.45, 2.75) is 46.1 Å². The van der Waals surface area contributed by atoms with Crippen LogP contribution in [0.3, 0.4) is 0 Å². The van der Waals surface area contributed by atoms with E-state index in [0.29, 0.717) is 18.5 Å². The molecule has 4 heteroatoms. The first-order chi connectivity index (χ1) is 10.6. The van der Waals surface area contributed by atoms with Crippen molar-refractivity contribution in [3.05, 3.63) is 46.2 Å². The number of nitrogens with one attached hydrogen (secondary N) is 1. The molecule has 4 nitrogen and oxygen atoms in total. The molecule has 0 spiro atoms. The highest BCUT2D eigenvalue weighted by Gasteiger charge is 2.08. The summed E-state index contributed by atoms with van der Waals surface area (Å²) in [5.41, 5.74) is 1.58. The summed E-state index contributed by atoms with van der Waals surface area (Å²) >= 11 is 0. The summed E-state index contributed by atoms with van der Waals surface area (Å²) in [6.45, 7) is 5.09. The average molecular weight is 300 g/mol. The molecule has 0 bridgehead atoms. The molecule has 22 heavy (non-hydrogen) atoms. The molecule has 2 rings (SSSR count).